The number of hydrogen-bond donors (Lipinski definition) is 1. The van der Waals surface area contributed by atoms with E-state index in [4.69, 9.17) is 5.73 Å². The fourth-order valence-electron chi connectivity index (χ4n) is 1.82. The summed E-state index contributed by atoms with van der Waals surface area (Å²) in [6.07, 6.45) is 3.12. The Balaban J connectivity index is 2.90. The number of nitrogens with zero attached hydrogens (tertiary/aromatic N) is 1. The van der Waals surface area contributed by atoms with Crippen molar-refractivity contribution in [1.82, 2.24) is 0 Å². The molecule has 2 N–H and O–H groups in total. The lowest BCUT2D eigenvalue weighted by Crippen LogP contribution is -2.31. The van der Waals surface area contributed by atoms with Crippen LogP contribution in [0.1, 0.15) is 18.9 Å². The van der Waals surface area contributed by atoms with Crippen LogP contribution in [0.2, 0.25) is 0 Å². The Morgan fingerprint density at radius 2 is 2.18 bits per heavy atom. The van der Waals surface area contributed by atoms with E-state index in [0.717, 1.165) is 17.7 Å². The molecule has 1 rings (SSSR count). The fourth-order valence-corrected chi connectivity index (χ4v) is 2.40. The summed E-state index contributed by atoms with van der Waals surface area (Å²) in [5.41, 5.74) is 7.17. The van der Waals surface area contributed by atoms with E-state index in [1.54, 1.807) is 6.07 Å². The average Bonchev–Trinajstić information content (AvgIpc) is 2.34. The quantitative estimate of drug-likeness (QED) is 0.848. The van der Waals surface area contributed by atoms with E-state index in [0.29, 0.717) is 18.3 Å². The van der Waals surface area contributed by atoms with Gasteiger partial charge in [0, 0.05) is 19.6 Å². The van der Waals surface area contributed by atoms with Gasteiger partial charge >= 0.3 is 0 Å². The largest absolute Gasteiger partial charge is 0.369 e. The van der Waals surface area contributed by atoms with Gasteiger partial charge < -0.3 is 10.6 Å². The van der Waals surface area contributed by atoms with Gasteiger partial charge in [0.1, 0.15) is 5.82 Å². The molecule has 1 unspecified atom stereocenters. The molecule has 4 heteroatoms. The third kappa shape index (κ3) is 3.61. The molecule has 1 atom stereocenters. The highest BCUT2D eigenvalue weighted by atomic mass is 32.2. The monoisotopic (exact) mass is 256 g/mol. The zero-order valence-corrected chi connectivity index (χ0v) is 11.6. The van der Waals surface area contributed by atoms with Gasteiger partial charge in [-0.2, -0.15) is 11.8 Å². The first-order chi connectivity index (χ1) is 8.11. The van der Waals surface area contributed by atoms with Crippen LogP contribution >= 0.6 is 11.8 Å². The molecule has 17 heavy (non-hydrogen) atoms. The maximum absolute atomic E-state index is 13.9. The first-order valence-electron chi connectivity index (χ1n) is 5.81. The molecule has 0 amide bonds. The van der Waals surface area contributed by atoms with Gasteiger partial charge in [0.15, 0.2) is 0 Å². The lowest BCUT2D eigenvalue weighted by atomic mass is 10.1. The van der Waals surface area contributed by atoms with E-state index in [9.17, 15) is 4.39 Å². The summed E-state index contributed by atoms with van der Waals surface area (Å²) in [4.78, 5) is 1.99. The first kappa shape index (κ1) is 14.3. The molecule has 0 fully saturated rings. The smallest absolute Gasteiger partial charge is 0.146 e. The number of rotatable bonds is 6. The van der Waals surface area contributed by atoms with Crippen molar-refractivity contribution in [2.24, 2.45) is 5.73 Å². The van der Waals surface area contributed by atoms with Crippen LogP contribution in [0.4, 0.5) is 10.1 Å². The molecular formula is C13H21FN2S. The maximum Gasteiger partial charge on any atom is 0.146 e. The van der Waals surface area contributed by atoms with Crippen LogP contribution < -0.4 is 10.6 Å². The van der Waals surface area contributed by atoms with E-state index < -0.39 is 0 Å². The van der Waals surface area contributed by atoms with Crippen molar-refractivity contribution >= 4 is 17.4 Å². The molecule has 0 saturated carbocycles. The minimum atomic E-state index is -0.188. The van der Waals surface area contributed by atoms with E-state index in [2.05, 4.69) is 13.2 Å². The highest BCUT2D eigenvalue weighted by molar-refractivity contribution is 7.98. The Labute approximate surface area is 107 Å². The summed E-state index contributed by atoms with van der Waals surface area (Å²) in [7, 11) is 1.93. The van der Waals surface area contributed by atoms with Crippen LogP contribution in [-0.2, 0) is 6.54 Å². The van der Waals surface area contributed by atoms with Gasteiger partial charge in [-0.3, -0.25) is 0 Å². The van der Waals surface area contributed by atoms with Crippen LogP contribution in [0.3, 0.4) is 0 Å². The number of anilines is 1. The third-order valence-corrected chi connectivity index (χ3v) is 3.69. The van der Waals surface area contributed by atoms with E-state index >= 15 is 0 Å². The zero-order chi connectivity index (χ0) is 12.8. The van der Waals surface area contributed by atoms with E-state index in [1.807, 2.05) is 29.8 Å². The standard InChI is InChI=1S/C13H21FN2S/c1-10(7-8-17-3)16(2)13-11(9-15)5-4-6-12(13)14/h4-6,10H,7-9,15H2,1-3H3. The molecule has 0 aliphatic carbocycles. The van der Waals surface area contributed by atoms with Crippen molar-refractivity contribution in [3.05, 3.63) is 29.6 Å². The van der Waals surface area contributed by atoms with Crippen molar-refractivity contribution in [2.45, 2.75) is 25.9 Å². The number of hydrogen-bond acceptors (Lipinski definition) is 3. The van der Waals surface area contributed by atoms with Gasteiger partial charge in [0.25, 0.3) is 0 Å². The predicted octanol–water partition coefficient (Wildman–Crippen LogP) is 2.86. The molecule has 1 aromatic carbocycles. The molecule has 96 valence electrons. The number of benzene rings is 1. The Morgan fingerprint density at radius 1 is 1.47 bits per heavy atom. The number of nitrogens with two attached hydrogens (primary N) is 1. The average molecular weight is 256 g/mol. The molecule has 1 aromatic rings. The van der Waals surface area contributed by atoms with Crippen LogP contribution in [0, 0.1) is 5.82 Å². The molecular weight excluding hydrogens is 235 g/mol. The van der Waals surface area contributed by atoms with Crippen molar-refractivity contribution in [1.29, 1.82) is 0 Å². The fraction of sp³-hybridized carbons (Fsp3) is 0.538. The molecule has 0 radical (unpaired) electrons. The summed E-state index contributed by atoms with van der Waals surface area (Å²) in [5.74, 6) is 0.893. The van der Waals surface area contributed by atoms with Crippen LogP contribution in [0.15, 0.2) is 18.2 Å². The normalized spacial score (nSPS) is 12.5. The lowest BCUT2D eigenvalue weighted by molar-refractivity contribution is 0.597. The highest BCUT2D eigenvalue weighted by Crippen LogP contribution is 2.25. The Hall–Kier alpha value is -0.740. The molecule has 0 spiro atoms. The Morgan fingerprint density at radius 3 is 2.76 bits per heavy atom. The summed E-state index contributed by atoms with van der Waals surface area (Å²) in [5, 5.41) is 0. The molecule has 0 saturated heterocycles. The van der Waals surface area contributed by atoms with Gasteiger partial charge in [-0.1, -0.05) is 12.1 Å². The minimum absolute atomic E-state index is 0.188. The second-order valence-electron chi connectivity index (χ2n) is 4.19. The first-order valence-corrected chi connectivity index (χ1v) is 7.20. The van der Waals surface area contributed by atoms with Gasteiger partial charge in [-0.25, -0.2) is 4.39 Å². The Bertz CT molecular complexity index is 357. The third-order valence-electron chi connectivity index (χ3n) is 3.04. The summed E-state index contributed by atoms with van der Waals surface area (Å²) >= 11 is 1.81. The second-order valence-corrected chi connectivity index (χ2v) is 5.18. The molecule has 0 aliphatic rings. The topological polar surface area (TPSA) is 29.3 Å². The summed E-state index contributed by atoms with van der Waals surface area (Å²) in [6, 6.07) is 5.40. The van der Waals surface area contributed by atoms with Crippen LogP contribution in [-0.4, -0.2) is 25.1 Å². The minimum Gasteiger partial charge on any atom is -0.369 e. The van der Waals surface area contributed by atoms with Gasteiger partial charge in [-0.15, -0.1) is 0 Å². The summed E-state index contributed by atoms with van der Waals surface area (Å²) < 4.78 is 13.9. The SMILES string of the molecule is CSCCC(C)N(C)c1c(F)cccc1CN. The van der Waals surface area contributed by atoms with Gasteiger partial charge in [0.05, 0.1) is 5.69 Å². The lowest BCUT2D eigenvalue weighted by Gasteiger charge is -2.29. The van der Waals surface area contributed by atoms with E-state index in [1.165, 1.54) is 6.07 Å². The zero-order valence-electron chi connectivity index (χ0n) is 10.7. The molecule has 2 nitrogen and oxygen atoms in total. The predicted molar refractivity (Wildman–Crippen MR) is 75.2 cm³/mol. The van der Waals surface area contributed by atoms with Crippen molar-refractivity contribution in [3.8, 4) is 0 Å². The maximum atomic E-state index is 13.9. The number of thioether (sulfide) groups is 1. The molecule has 0 heterocycles. The van der Waals surface area contributed by atoms with E-state index in [-0.39, 0.29) is 5.82 Å². The van der Waals surface area contributed by atoms with Crippen LogP contribution in [0.25, 0.3) is 0 Å². The van der Waals surface area contributed by atoms with Crippen LogP contribution in [0.5, 0.6) is 0 Å². The molecule has 0 aliphatic heterocycles. The van der Waals surface area contributed by atoms with Crippen molar-refractivity contribution < 1.29 is 4.39 Å². The van der Waals surface area contributed by atoms with Gasteiger partial charge in [0.2, 0.25) is 0 Å². The number of para-hydroxylation sites is 1. The van der Waals surface area contributed by atoms with Crippen molar-refractivity contribution in [3.63, 3.8) is 0 Å². The van der Waals surface area contributed by atoms with Crippen molar-refractivity contribution in [2.75, 3.05) is 24.0 Å². The number of halogens is 1. The molecule has 0 bridgehead atoms. The Kier molecular flexibility index (Phi) is 5.78. The van der Waals surface area contributed by atoms with Gasteiger partial charge in [-0.05, 0) is 37.0 Å². The summed E-state index contributed by atoms with van der Waals surface area (Å²) in [6.45, 7) is 2.48. The molecule has 0 aromatic heterocycles. The highest BCUT2D eigenvalue weighted by Gasteiger charge is 2.16. The second kappa shape index (κ2) is 6.87.